The van der Waals surface area contributed by atoms with Crippen LogP contribution in [0.1, 0.15) is 23.6 Å². The molecular formula is C23H25N7O. The van der Waals surface area contributed by atoms with Gasteiger partial charge in [0.05, 0.1) is 35.4 Å². The van der Waals surface area contributed by atoms with Crippen LogP contribution in [-0.2, 0) is 23.9 Å². The zero-order valence-electron chi connectivity index (χ0n) is 17.8. The van der Waals surface area contributed by atoms with Crippen LogP contribution in [0.25, 0.3) is 11.1 Å². The van der Waals surface area contributed by atoms with E-state index >= 15 is 0 Å². The Morgan fingerprint density at radius 3 is 2.74 bits per heavy atom. The molecule has 158 valence electrons. The van der Waals surface area contributed by atoms with Crippen molar-refractivity contribution in [3.05, 3.63) is 59.7 Å². The number of aliphatic imine (C=N–C) groups is 1. The zero-order valence-corrected chi connectivity index (χ0v) is 17.8. The van der Waals surface area contributed by atoms with Gasteiger partial charge in [0, 0.05) is 43.3 Å². The van der Waals surface area contributed by atoms with Crippen molar-refractivity contribution in [1.29, 1.82) is 0 Å². The third-order valence-electron chi connectivity index (χ3n) is 6.74. The predicted octanol–water partition coefficient (Wildman–Crippen LogP) is 2.49. The number of carbonyl (C=O) groups is 1. The molecule has 1 fully saturated rings. The van der Waals surface area contributed by atoms with Crippen LogP contribution in [0.2, 0.25) is 0 Å². The fourth-order valence-corrected chi connectivity index (χ4v) is 5.18. The SMILES string of the molecule is Cc1ccncc1-c1cc(N)c2c(c1)CN(C1(c3cnn(C)c3)C(C)C1C(N)=O)C=N2. The van der Waals surface area contributed by atoms with Gasteiger partial charge in [0.15, 0.2) is 0 Å². The standard InChI is InChI=1S/C23H25N7O/c1-13-4-5-26-9-18(13)15-6-16-10-30(12-27-21(16)19(24)7-15)23(14(2)20(23)22(25)31)17-8-28-29(3)11-17/h4-9,11-12,14,20H,10,24H2,1-3H3,(H2,25,31). The molecule has 2 aromatic heterocycles. The molecule has 2 aliphatic rings. The lowest BCUT2D eigenvalue weighted by Gasteiger charge is -2.34. The van der Waals surface area contributed by atoms with Crippen molar-refractivity contribution in [3.63, 3.8) is 0 Å². The topological polar surface area (TPSA) is 115 Å². The van der Waals surface area contributed by atoms with Crippen LogP contribution in [-0.4, -0.2) is 31.9 Å². The highest BCUT2D eigenvalue weighted by Gasteiger charge is 2.69. The minimum atomic E-state index is -0.559. The summed E-state index contributed by atoms with van der Waals surface area (Å²) in [4.78, 5) is 23.3. The van der Waals surface area contributed by atoms with Crippen LogP contribution in [0.3, 0.4) is 0 Å². The molecule has 0 spiro atoms. The molecule has 4 N–H and O–H groups in total. The number of amides is 1. The third kappa shape index (κ3) is 2.74. The number of fused-ring (bicyclic) bond motifs is 1. The van der Waals surface area contributed by atoms with Crippen LogP contribution < -0.4 is 11.5 Å². The van der Waals surface area contributed by atoms with E-state index < -0.39 is 5.54 Å². The number of rotatable bonds is 4. The molecule has 1 saturated carbocycles. The Kier molecular flexibility index (Phi) is 4.15. The summed E-state index contributed by atoms with van der Waals surface area (Å²) in [5, 5.41) is 4.33. The van der Waals surface area contributed by atoms with Gasteiger partial charge in [-0.3, -0.25) is 14.5 Å². The summed E-state index contributed by atoms with van der Waals surface area (Å²) in [5.74, 6) is -0.580. The molecular weight excluding hydrogens is 390 g/mol. The zero-order chi connectivity index (χ0) is 21.9. The van der Waals surface area contributed by atoms with Gasteiger partial charge in [0.2, 0.25) is 5.91 Å². The Hall–Kier alpha value is -3.68. The number of anilines is 1. The number of aromatic nitrogens is 3. The van der Waals surface area contributed by atoms with E-state index in [9.17, 15) is 4.79 Å². The fourth-order valence-electron chi connectivity index (χ4n) is 5.18. The Labute approximate surface area is 180 Å². The van der Waals surface area contributed by atoms with Gasteiger partial charge in [0.1, 0.15) is 0 Å². The van der Waals surface area contributed by atoms with Gasteiger partial charge in [-0.2, -0.15) is 5.10 Å². The minimum Gasteiger partial charge on any atom is -0.397 e. The summed E-state index contributed by atoms with van der Waals surface area (Å²) in [6.07, 6.45) is 9.19. The molecule has 0 saturated heterocycles. The smallest absolute Gasteiger partial charge is 0.223 e. The van der Waals surface area contributed by atoms with E-state index in [1.165, 1.54) is 0 Å². The number of hydrogen-bond acceptors (Lipinski definition) is 6. The van der Waals surface area contributed by atoms with Gasteiger partial charge < -0.3 is 16.4 Å². The molecule has 5 rings (SSSR count). The molecule has 3 atom stereocenters. The van der Waals surface area contributed by atoms with Gasteiger partial charge in [-0.1, -0.05) is 6.92 Å². The van der Waals surface area contributed by atoms with Crippen LogP contribution in [0, 0.1) is 18.8 Å². The maximum atomic E-state index is 12.3. The van der Waals surface area contributed by atoms with Crippen molar-refractivity contribution in [3.8, 4) is 11.1 Å². The molecule has 0 radical (unpaired) electrons. The van der Waals surface area contributed by atoms with E-state index in [0.29, 0.717) is 12.2 Å². The second kappa shape index (κ2) is 6.66. The van der Waals surface area contributed by atoms with E-state index in [4.69, 9.17) is 11.5 Å². The summed E-state index contributed by atoms with van der Waals surface area (Å²) < 4.78 is 1.75. The molecule has 31 heavy (non-hydrogen) atoms. The summed E-state index contributed by atoms with van der Waals surface area (Å²) in [5.41, 5.74) is 18.1. The number of benzene rings is 1. The third-order valence-corrected chi connectivity index (χ3v) is 6.74. The Bertz CT molecular complexity index is 1230. The van der Waals surface area contributed by atoms with Crippen LogP contribution in [0.5, 0.6) is 0 Å². The quantitative estimate of drug-likeness (QED) is 0.635. The normalized spacial score (nSPS) is 24.2. The molecule has 1 amide bonds. The predicted molar refractivity (Wildman–Crippen MR) is 119 cm³/mol. The summed E-state index contributed by atoms with van der Waals surface area (Å²) >= 11 is 0. The van der Waals surface area contributed by atoms with Gasteiger partial charge in [0.25, 0.3) is 0 Å². The number of nitrogen functional groups attached to an aromatic ring is 1. The first-order valence-corrected chi connectivity index (χ1v) is 10.3. The second-order valence-electron chi connectivity index (χ2n) is 8.53. The molecule has 8 heteroatoms. The molecule has 0 bridgehead atoms. The Morgan fingerprint density at radius 2 is 2.10 bits per heavy atom. The van der Waals surface area contributed by atoms with E-state index in [0.717, 1.165) is 33.5 Å². The van der Waals surface area contributed by atoms with Crippen molar-refractivity contribution in [2.24, 2.45) is 29.6 Å². The Morgan fingerprint density at radius 1 is 1.29 bits per heavy atom. The summed E-state index contributed by atoms with van der Waals surface area (Å²) in [7, 11) is 1.87. The van der Waals surface area contributed by atoms with Crippen LogP contribution in [0.15, 0.2) is 48.0 Å². The lowest BCUT2D eigenvalue weighted by atomic mass is 9.96. The monoisotopic (exact) mass is 415 g/mol. The van der Waals surface area contributed by atoms with E-state index in [1.807, 2.05) is 37.8 Å². The minimum absolute atomic E-state index is 0.0447. The summed E-state index contributed by atoms with van der Waals surface area (Å²) in [6.45, 7) is 4.67. The lowest BCUT2D eigenvalue weighted by molar-refractivity contribution is -0.120. The maximum Gasteiger partial charge on any atom is 0.223 e. The number of nitrogens with two attached hydrogens (primary N) is 2. The number of pyridine rings is 1. The largest absolute Gasteiger partial charge is 0.397 e. The molecule has 1 aliphatic carbocycles. The van der Waals surface area contributed by atoms with Crippen LogP contribution in [0.4, 0.5) is 11.4 Å². The van der Waals surface area contributed by atoms with Crippen molar-refractivity contribution >= 4 is 23.6 Å². The first kappa shape index (κ1) is 19.3. The summed E-state index contributed by atoms with van der Waals surface area (Å²) in [6, 6.07) is 6.04. The van der Waals surface area contributed by atoms with Crippen molar-refractivity contribution in [2.45, 2.75) is 25.9 Å². The van der Waals surface area contributed by atoms with Gasteiger partial charge in [-0.05, 0) is 47.7 Å². The van der Waals surface area contributed by atoms with Gasteiger partial charge in [-0.25, -0.2) is 4.99 Å². The second-order valence-corrected chi connectivity index (χ2v) is 8.53. The molecule has 3 heterocycles. The number of primary amides is 1. The fraction of sp³-hybridized carbons (Fsp3) is 0.304. The molecule has 1 aromatic carbocycles. The molecule has 3 unspecified atom stereocenters. The number of nitrogens with zero attached hydrogens (tertiary/aromatic N) is 5. The first-order chi connectivity index (χ1) is 14.8. The van der Waals surface area contributed by atoms with Gasteiger partial charge >= 0.3 is 0 Å². The molecule has 3 aromatic rings. The number of carbonyl (C=O) groups excluding carboxylic acids is 1. The van der Waals surface area contributed by atoms with Crippen molar-refractivity contribution in [2.75, 3.05) is 5.73 Å². The van der Waals surface area contributed by atoms with Gasteiger partial charge in [-0.15, -0.1) is 0 Å². The van der Waals surface area contributed by atoms with E-state index in [-0.39, 0.29) is 17.7 Å². The van der Waals surface area contributed by atoms with Crippen molar-refractivity contribution < 1.29 is 4.79 Å². The van der Waals surface area contributed by atoms with E-state index in [1.54, 1.807) is 17.2 Å². The van der Waals surface area contributed by atoms with E-state index in [2.05, 4.69) is 39.9 Å². The maximum absolute atomic E-state index is 12.3. The van der Waals surface area contributed by atoms with Crippen LogP contribution >= 0.6 is 0 Å². The first-order valence-electron chi connectivity index (χ1n) is 10.3. The highest BCUT2D eigenvalue weighted by Crippen LogP contribution is 2.62. The average Bonchev–Trinajstić information content (AvgIpc) is 3.13. The van der Waals surface area contributed by atoms with Crippen molar-refractivity contribution in [1.82, 2.24) is 19.7 Å². The average molecular weight is 416 g/mol. The molecule has 1 aliphatic heterocycles. The lowest BCUT2D eigenvalue weighted by Crippen LogP contribution is -2.39. The highest BCUT2D eigenvalue weighted by atomic mass is 16.1. The number of aryl methyl sites for hydroxylation is 2. The molecule has 8 nitrogen and oxygen atoms in total. The Balaban J connectivity index is 1.59. The highest BCUT2D eigenvalue weighted by molar-refractivity contribution is 5.86. The number of hydrogen-bond donors (Lipinski definition) is 2.